The van der Waals surface area contributed by atoms with Gasteiger partial charge in [0, 0.05) is 6.92 Å². The number of unbranched alkanes of at least 4 members (excludes halogenated alkanes) is 12. The lowest BCUT2D eigenvalue weighted by Gasteiger charge is -2.24. The van der Waals surface area contributed by atoms with Gasteiger partial charge >= 0.3 is 23.9 Å². The van der Waals surface area contributed by atoms with Gasteiger partial charge in [-0.15, -0.1) is 0 Å². The normalized spacial score (nSPS) is 12.6. The van der Waals surface area contributed by atoms with Crippen LogP contribution in [0.2, 0.25) is 0 Å². The van der Waals surface area contributed by atoms with Crippen LogP contribution >= 0.6 is 0 Å². The molecule has 1 unspecified atom stereocenters. The number of aliphatic hydroxyl groups is 1. The number of carbonyl (C=O) groups is 4. The standard InChI is InChI=1S/C26H46O8/c1-4-6-8-10-12-13-15-16-18-32-23(28)20-26(31,21-24(29)34-22(3)27)25(30)33-19-17-14-11-9-7-5-2/h31H,4-21H2,1-3H3. The van der Waals surface area contributed by atoms with Crippen molar-refractivity contribution in [2.45, 2.75) is 129 Å². The Morgan fingerprint density at radius 2 is 1.03 bits per heavy atom. The van der Waals surface area contributed by atoms with Gasteiger partial charge in [-0.1, -0.05) is 90.9 Å². The van der Waals surface area contributed by atoms with Crippen molar-refractivity contribution in [3.63, 3.8) is 0 Å². The molecule has 198 valence electrons. The smallest absolute Gasteiger partial charge is 0.339 e. The third-order valence-corrected chi connectivity index (χ3v) is 5.50. The summed E-state index contributed by atoms with van der Waals surface area (Å²) in [5.41, 5.74) is -2.44. The Morgan fingerprint density at radius 1 is 0.618 bits per heavy atom. The highest BCUT2D eigenvalue weighted by atomic mass is 16.6. The van der Waals surface area contributed by atoms with Crippen LogP contribution in [0.15, 0.2) is 0 Å². The lowest BCUT2D eigenvalue weighted by molar-refractivity contribution is -0.179. The average Bonchev–Trinajstić information content (AvgIpc) is 2.76. The van der Waals surface area contributed by atoms with Crippen molar-refractivity contribution >= 4 is 23.9 Å². The fourth-order valence-corrected chi connectivity index (χ4v) is 3.54. The van der Waals surface area contributed by atoms with E-state index in [9.17, 15) is 24.3 Å². The fraction of sp³-hybridized carbons (Fsp3) is 0.846. The van der Waals surface area contributed by atoms with Gasteiger partial charge in [-0.05, 0) is 12.8 Å². The maximum absolute atomic E-state index is 12.5. The summed E-state index contributed by atoms with van der Waals surface area (Å²) < 4.78 is 14.7. The third-order valence-electron chi connectivity index (χ3n) is 5.50. The number of esters is 4. The van der Waals surface area contributed by atoms with Gasteiger partial charge in [-0.2, -0.15) is 0 Å². The first-order chi connectivity index (χ1) is 16.2. The lowest BCUT2D eigenvalue weighted by Crippen LogP contribution is -2.45. The van der Waals surface area contributed by atoms with Crippen LogP contribution in [-0.2, 0) is 33.4 Å². The van der Waals surface area contributed by atoms with Crippen molar-refractivity contribution in [2.75, 3.05) is 13.2 Å². The first-order valence-corrected chi connectivity index (χ1v) is 13.0. The highest BCUT2D eigenvalue weighted by Gasteiger charge is 2.43. The molecular formula is C26H46O8. The first-order valence-electron chi connectivity index (χ1n) is 13.0. The molecule has 8 nitrogen and oxygen atoms in total. The Balaban J connectivity index is 4.52. The summed E-state index contributed by atoms with van der Waals surface area (Å²) >= 11 is 0. The zero-order valence-electron chi connectivity index (χ0n) is 21.5. The van der Waals surface area contributed by atoms with E-state index in [-0.39, 0.29) is 13.2 Å². The second kappa shape index (κ2) is 20.4. The summed E-state index contributed by atoms with van der Waals surface area (Å²) in [5, 5.41) is 10.8. The molecule has 0 bridgehead atoms. The molecule has 0 rings (SSSR count). The van der Waals surface area contributed by atoms with Crippen molar-refractivity contribution in [3.8, 4) is 0 Å². The minimum Gasteiger partial charge on any atom is -0.466 e. The minimum atomic E-state index is -2.44. The number of ether oxygens (including phenoxy) is 3. The number of hydrogen-bond acceptors (Lipinski definition) is 8. The molecule has 0 aromatic rings. The highest BCUT2D eigenvalue weighted by Crippen LogP contribution is 2.21. The van der Waals surface area contributed by atoms with Crippen molar-refractivity contribution in [1.29, 1.82) is 0 Å². The van der Waals surface area contributed by atoms with Crippen LogP contribution in [0.1, 0.15) is 124 Å². The van der Waals surface area contributed by atoms with Gasteiger partial charge in [0.2, 0.25) is 0 Å². The van der Waals surface area contributed by atoms with Crippen molar-refractivity contribution in [2.24, 2.45) is 0 Å². The topological polar surface area (TPSA) is 116 Å². The molecule has 0 saturated carbocycles. The second-order valence-electron chi connectivity index (χ2n) is 8.95. The zero-order valence-corrected chi connectivity index (χ0v) is 21.5. The Hall–Kier alpha value is -1.96. The molecule has 1 atom stereocenters. The predicted octanol–water partition coefficient (Wildman–Crippen LogP) is 5.18. The van der Waals surface area contributed by atoms with Gasteiger partial charge < -0.3 is 19.3 Å². The monoisotopic (exact) mass is 486 g/mol. The van der Waals surface area contributed by atoms with Gasteiger partial charge in [0.25, 0.3) is 0 Å². The molecule has 0 aromatic carbocycles. The van der Waals surface area contributed by atoms with E-state index in [0.717, 1.165) is 58.3 Å². The molecule has 0 amide bonds. The van der Waals surface area contributed by atoms with Crippen LogP contribution in [0.25, 0.3) is 0 Å². The Kier molecular flexibility index (Phi) is 19.2. The van der Waals surface area contributed by atoms with Crippen molar-refractivity contribution in [1.82, 2.24) is 0 Å². The van der Waals surface area contributed by atoms with Gasteiger partial charge in [0.1, 0.15) is 0 Å². The van der Waals surface area contributed by atoms with Gasteiger partial charge in [-0.3, -0.25) is 14.4 Å². The number of rotatable bonds is 21. The molecule has 0 aliphatic carbocycles. The Labute approximate surface area is 205 Å². The SMILES string of the molecule is CCCCCCCCCCOC(=O)CC(O)(CC(=O)OC(C)=O)C(=O)OCCCCCCCC. The molecule has 0 fully saturated rings. The molecule has 0 heterocycles. The molecule has 8 heteroatoms. The maximum atomic E-state index is 12.5. The summed E-state index contributed by atoms with van der Waals surface area (Å²) in [4.78, 5) is 47.7. The van der Waals surface area contributed by atoms with Crippen LogP contribution < -0.4 is 0 Å². The molecular weight excluding hydrogens is 440 g/mol. The molecule has 34 heavy (non-hydrogen) atoms. The fourth-order valence-electron chi connectivity index (χ4n) is 3.54. The number of hydrogen-bond donors (Lipinski definition) is 1. The van der Waals surface area contributed by atoms with Gasteiger partial charge in [0.15, 0.2) is 5.60 Å². The van der Waals surface area contributed by atoms with E-state index in [2.05, 4.69) is 18.6 Å². The summed E-state index contributed by atoms with van der Waals surface area (Å²) in [5.74, 6) is -3.88. The minimum absolute atomic E-state index is 0.0718. The average molecular weight is 487 g/mol. The summed E-state index contributed by atoms with van der Waals surface area (Å²) in [7, 11) is 0. The van der Waals surface area contributed by atoms with Crippen LogP contribution in [0.4, 0.5) is 0 Å². The predicted molar refractivity (Wildman–Crippen MR) is 129 cm³/mol. The molecule has 0 saturated heterocycles. The zero-order chi connectivity index (χ0) is 25.7. The van der Waals surface area contributed by atoms with E-state index in [1.54, 1.807) is 0 Å². The van der Waals surface area contributed by atoms with E-state index >= 15 is 0 Å². The molecule has 0 aliphatic heterocycles. The number of carbonyl (C=O) groups excluding carboxylic acids is 4. The van der Waals surface area contributed by atoms with Crippen LogP contribution in [0, 0.1) is 0 Å². The summed E-state index contributed by atoms with van der Waals surface area (Å²) in [6.07, 6.45) is 13.0. The van der Waals surface area contributed by atoms with E-state index in [0.29, 0.717) is 12.8 Å². The van der Waals surface area contributed by atoms with E-state index in [1.807, 2.05) is 0 Å². The first kappa shape index (κ1) is 32.0. The highest BCUT2D eigenvalue weighted by molar-refractivity contribution is 5.92. The second-order valence-corrected chi connectivity index (χ2v) is 8.95. The summed E-state index contributed by atoms with van der Waals surface area (Å²) in [6.45, 7) is 5.58. The molecule has 0 aliphatic rings. The van der Waals surface area contributed by atoms with Gasteiger partial charge in [-0.25, -0.2) is 4.79 Å². The van der Waals surface area contributed by atoms with Crippen LogP contribution in [0.5, 0.6) is 0 Å². The van der Waals surface area contributed by atoms with E-state index in [4.69, 9.17) is 9.47 Å². The molecule has 1 N–H and O–H groups in total. The van der Waals surface area contributed by atoms with Crippen molar-refractivity contribution in [3.05, 3.63) is 0 Å². The summed E-state index contributed by atoms with van der Waals surface area (Å²) in [6, 6.07) is 0. The van der Waals surface area contributed by atoms with E-state index < -0.39 is 42.3 Å². The van der Waals surface area contributed by atoms with E-state index in [1.165, 1.54) is 25.7 Å². The molecule has 0 aromatic heterocycles. The van der Waals surface area contributed by atoms with Gasteiger partial charge in [0.05, 0.1) is 26.1 Å². The Bertz CT molecular complexity index is 589. The molecule has 0 radical (unpaired) electrons. The largest absolute Gasteiger partial charge is 0.466 e. The Morgan fingerprint density at radius 3 is 1.50 bits per heavy atom. The van der Waals surface area contributed by atoms with Crippen LogP contribution in [0.3, 0.4) is 0 Å². The lowest BCUT2D eigenvalue weighted by atomic mass is 9.95. The maximum Gasteiger partial charge on any atom is 0.339 e. The molecule has 0 spiro atoms. The third kappa shape index (κ3) is 17.5. The van der Waals surface area contributed by atoms with Crippen LogP contribution in [-0.4, -0.2) is 47.8 Å². The van der Waals surface area contributed by atoms with Crippen molar-refractivity contribution < 1.29 is 38.5 Å². The quantitative estimate of drug-likeness (QED) is 0.102.